The summed E-state index contributed by atoms with van der Waals surface area (Å²) in [7, 11) is 0. The standard InChI is InChI=1S/C20H40N2O/c1-2-3-4-5-6-7-8-9-10-11-12-13-16-22-20(23)18-19-15-14-17-21-19/h19,21H,2-18H2,1H3,(H,22,23)/t19-/m1/s1. The highest BCUT2D eigenvalue weighted by atomic mass is 16.1. The summed E-state index contributed by atoms with van der Waals surface area (Å²) in [5.74, 6) is 0.229. The molecule has 1 aliphatic heterocycles. The van der Waals surface area contributed by atoms with Gasteiger partial charge in [0.15, 0.2) is 0 Å². The van der Waals surface area contributed by atoms with E-state index in [1.807, 2.05) is 0 Å². The molecule has 0 spiro atoms. The Balaban J connectivity index is 1.73. The quantitative estimate of drug-likeness (QED) is 0.419. The van der Waals surface area contributed by atoms with E-state index in [2.05, 4.69) is 17.6 Å². The molecule has 136 valence electrons. The van der Waals surface area contributed by atoms with Gasteiger partial charge >= 0.3 is 0 Å². The Bertz CT molecular complexity index is 275. The first-order valence-electron chi connectivity index (χ1n) is 10.3. The fraction of sp³-hybridized carbons (Fsp3) is 0.950. The lowest BCUT2D eigenvalue weighted by Gasteiger charge is -2.10. The van der Waals surface area contributed by atoms with Crippen LogP contribution in [0.4, 0.5) is 0 Å². The lowest BCUT2D eigenvalue weighted by atomic mass is 10.1. The molecular weight excluding hydrogens is 284 g/mol. The summed E-state index contributed by atoms with van der Waals surface area (Å²) in [6, 6.07) is 0.428. The van der Waals surface area contributed by atoms with E-state index < -0.39 is 0 Å². The second-order valence-corrected chi connectivity index (χ2v) is 7.24. The van der Waals surface area contributed by atoms with Gasteiger partial charge in [-0.05, 0) is 25.8 Å². The number of carbonyl (C=O) groups is 1. The van der Waals surface area contributed by atoms with Gasteiger partial charge in [0.25, 0.3) is 0 Å². The van der Waals surface area contributed by atoms with Crippen LogP contribution in [0.25, 0.3) is 0 Å². The molecule has 3 nitrogen and oxygen atoms in total. The number of hydrogen-bond acceptors (Lipinski definition) is 2. The molecule has 3 heteroatoms. The predicted molar refractivity (Wildman–Crippen MR) is 99.7 cm³/mol. The molecule has 0 aromatic carbocycles. The maximum atomic E-state index is 11.7. The van der Waals surface area contributed by atoms with E-state index in [4.69, 9.17) is 0 Å². The highest BCUT2D eigenvalue weighted by Crippen LogP contribution is 2.12. The molecule has 1 amide bonds. The Morgan fingerprint density at radius 1 is 0.913 bits per heavy atom. The van der Waals surface area contributed by atoms with Crippen molar-refractivity contribution < 1.29 is 4.79 Å². The number of amides is 1. The molecule has 0 aromatic heterocycles. The van der Waals surface area contributed by atoms with Gasteiger partial charge in [-0.3, -0.25) is 4.79 Å². The average molecular weight is 325 g/mol. The van der Waals surface area contributed by atoms with Crippen LogP contribution < -0.4 is 10.6 Å². The highest BCUT2D eigenvalue weighted by molar-refractivity contribution is 5.76. The van der Waals surface area contributed by atoms with Crippen LogP contribution in [-0.4, -0.2) is 25.0 Å². The smallest absolute Gasteiger partial charge is 0.221 e. The van der Waals surface area contributed by atoms with E-state index in [9.17, 15) is 4.79 Å². The van der Waals surface area contributed by atoms with E-state index in [1.54, 1.807) is 0 Å². The maximum Gasteiger partial charge on any atom is 0.221 e. The number of carbonyl (C=O) groups excluding carboxylic acids is 1. The predicted octanol–water partition coefficient (Wildman–Crippen LogP) is 4.95. The Morgan fingerprint density at radius 2 is 1.48 bits per heavy atom. The topological polar surface area (TPSA) is 41.1 Å². The molecule has 0 aliphatic carbocycles. The summed E-state index contributed by atoms with van der Waals surface area (Å²) >= 11 is 0. The second kappa shape index (κ2) is 15.0. The van der Waals surface area contributed by atoms with Gasteiger partial charge in [-0.1, -0.05) is 77.6 Å². The summed E-state index contributed by atoms with van der Waals surface area (Å²) < 4.78 is 0. The van der Waals surface area contributed by atoms with E-state index >= 15 is 0 Å². The zero-order valence-electron chi connectivity index (χ0n) is 15.5. The molecule has 1 heterocycles. The van der Waals surface area contributed by atoms with Crippen LogP contribution in [0.5, 0.6) is 0 Å². The third-order valence-electron chi connectivity index (χ3n) is 4.95. The Kier molecular flexibility index (Phi) is 13.3. The molecule has 1 aliphatic rings. The van der Waals surface area contributed by atoms with E-state index in [1.165, 1.54) is 77.0 Å². The van der Waals surface area contributed by atoms with Crippen molar-refractivity contribution in [1.82, 2.24) is 10.6 Å². The van der Waals surface area contributed by atoms with Crippen molar-refractivity contribution in [3.63, 3.8) is 0 Å². The number of rotatable bonds is 15. The van der Waals surface area contributed by atoms with Crippen molar-refractivity contribution >= 4 is 5.91 Å². The molecule has 1 rings (SSSR count). The number of unbranched alkanes of at least 4 members (excludes halogenated alkanes) is 11. The summed E-state index contributed by atoms with van der Waals surface area (Å²) in [4.78, 5) is 11.7. The highest BCUT2D eigenvalue weighted by Gasteiger charge is 2.16. The summed E-state index contributed by atoms with van der Waals surface area (Å²) in [5, 5.41) is 6.44. The minimum Gasteiger partial charge on any atom is -0.356 e. The van der Waals surface area contributed by atoms with Crippen LogP contribution in [-0.2, 0) is 4.79 Å². The molecule has 0 unspecified atom stereocenters. The summed E-state index contributed by atoms with van der Waals surface area (Å²) in [6.45, 7) is 4.22. The molecule has 0 aromatic rings. The van der Waals surface area contributed by atoms with E-state index in [0.717, 1.165) is 25.9 Å². The minimum absolute atomic E-state index is 0.229. The van der Waals surface area contributed by atoms with Gasteiger partial charge in [-0.25, -0.2) is 0 Å². The molecule has 23 heavy (non-hydrogen) atoms. The summed E-state index contributed by atoms with van der Waals surface area (Å²) in [5.41, 5.74) is 0. The molecular formula is C20H40N2O. The van der Waals surface area contributed by atoms with Gasteiger partial charge in [0.05, 0.1) is 0 Å². The lowest BCUT2D eigenvalue weighted by molar-refractivity contribution is -0.121. The number of nitrogens with one attached hydrogen (secondary N) is 2. The molecule has 0 saturated carbocycles. The van der Waals surface area contributed by atoms with Crippen molar-refractivity contribution in [3.05, 3.63) is 0 Å². The average Bonchev–Trinajstić information content (AvgIpc) is 3.04. The molecule has 0 bridgehead atoms. The van der Waals surface area contributed by atoms with E-state index in [0.29, 0.717) is 12.5 Å². The Morgan fingerprint density at radius 3 is 2.00 bits per heavy atom. The SMILES string of the molecule is CCCCCCCCCCCCCCNC(=O)C[C@H]1CCCN1. The van der Waals surface area contributed by atoms with Gasteiger partial charge in [-0.2, -0.15) is 0 Å². The molecule has 0 radical (unpaired) electrons. The molecule has 2 N–H and O–H groups in total. The summed E-state index contributed by atoms with van der Waals surface area (Å²) in [6.07, 6.45) is 19.4. The lowest BCUT2D eigenvalue weighted by Crippen LogP contribution is -2.32. The van der Waals surface area contributed by atoms with Crippen LogP contribution >= 0.6 is 0 Å². The second-order valence-electron chi connectivity index (χ2n) is 7.24. The molecule has 1 fully saturated rings. The van der Waals surface area contributed by atoms with Crippen LogP contribution in [0, 0.1) is 0 Å². The van der Waals surface area contributed by atoms with Gasteiger partial charge in [0.2, 0.25) is 5.91 Å². The van der Waals surface area contributed by atoms with E-state index in [-0.39, 0.29) is 5.91 Å². The van der Waals surface area contributed by atoms with Gasteiger partial charge < -0.3 is 10.6 Å². The Labute approximate surface area is 144 Å². The first-order chi connectivity index (χ1) is 11.3. The minimum atomic E-state index is 0.229. The zero-order chi connectivity index (χ0) is 16.6. The first kappa shape index (κ1) is 20.5. The van der Waals surface area contributed by atoms with Crippen molar-refractivity contribution in [3.8, 4) is 0 Å². The van der Waals surface area contributed by atoms with Crippen LogP contribution in [0.2, 0.25) is 0 Å². The normalized spacial score (nSPS) is 17.5. The van der Waals surface area contributed by atoms with Crippen LogP contribution in [0.1, 0.15) is 103 Å². The molecule has 1 saturated heterocycles. The fourth-order valence-corrected chi connectivity index (χ4v) is 3.42. The van der Waals surface area contributed by atoms with Crippen LogP contribution in [0.15, 0.2) is 0 Å². The monoisotopic (exact) mass is 324 g/mol. The molecule has 1 atom stereocenters. The third kappa shape index (κ3) is 12.5. The van der Waals surface area contributed by atoms with Gasteiger partial charge in [0.1, 0.15) is 0 Å². The van der Waals surface area contributed by atoms with Gasteiger partial charge in [-0.15, -0.1) is 0 Å². The van der Waals surface area contributed by atoms with Crippen molar-refractivity contribution in [2.75, 3.05) is 13.1 Å². The number of hydrogen-bond donors (Lipinski definition) is 2. The van der Waals surface area contributed by atoms with Gasteiger partial charge in [0, 0.05) is 19.0 Å². The van der Waals surface area contributed by atoms with Crippen molar-refractivity contribution in [1.29, 1.82) is 0 Å². The van der Waals surface area contributed by atoms with Crippen molar-refractivity contribution in [2.45, 2.75) is 109 Å². The Hall–Kier alpha value is -0.570. The first-order valence-corrected chi connectivity index (χ1v) is 10.3. The fourth-order valence-electron chi connectivity index (χ4n) is 3.42. The third-order valence-corrected chi connectivity index (χ3v) is 4.95. The van der Waals surface area contributed by atoms with Crippen LogP contribution in [0.3, 0.4) is 0 Å². The van der Waals surface area contributed by atoms with Crippen molar-refractivity contribution in [2.24, 2.45) is 0 Å². The maximum absolute atomic E-state index is 11.7. The largest absolute Gasteiger partial charge is 0.356 e. The zero-order valence-corrected chi connectivity index (χ0v) is 15.5.